The number of esters is 1. The minimum Gasteiger partial charge on any atom is -0.462 e. The van der Waals surface area contributed by atoms with E-state index in [0.717, 1.165) is 31.6 Å². The Kier molecular flexibility index (Phi) is 10.4. The van der Waals surface area contributed by atoms with Gasteiger partial charge in [0.15, 0.2) is 0 Å². The molecule has 0 unspecified atom stereocenters. The topological polar surface area (TPSA) is 141 Å². The van der Waals surface area contributed by atoms with Crippen molar-refractivity contribution in [3.63, 3.8) is 0 Å². The van der Waals surface area contributed by atoms with Crippen molar-refractivity contribution in [2.24, 2.45) is 0 Å². The lowest BCUT2D eigenvalue weighted by atomic mass is 10.0. The zero-order valence-electron chi connectivity index (χ0n) is 24.5. The molecule has 0 radical (unpaired) electrons. The Morgan fingerprint density at radius 1 is 1.16 bits per heavy atom. The van der Waals surface area contributed by atoms with Crippen LogP contribution in [0.3, 0.4) is 0 Å². The van der Waals surface area contributed by atoms with Crippen molar-refractivity contribution >= 4 is 58.4 Å². The number of likely N-dealkylation sites (N-methyl/N-ethyl adjacent to an activating group) is 1. The molecular weight excluding hydrogens is 622 g/mol. The number of carbonyl (C=O) groups is 3. The summed E-state index contributed by atoms with van der Waals surface area (Å²) in [5.41, 5.74) is -3.26. The van der Waals surface area contributed by atoms with Gasteiger partial charge < -0.3 is 30.6 Å². The average Bonchev–Trinajstić information content (AvgIpc) is 3.50. The summed E-state index contributed by atoms with van der Waals surface area (Å²) >= 11 is 5.87. The maximum atomic E-state index is 14.6. The van der Waals surface area contributed by atoms with E-state index in [4.69, 9.17) is 16.3 Å². The third-order valence-electron chi connectivity index (χ3n) is 6.92. The SMILES string of the molecule is CCOC(=O)c1c(CC(=O)NCCN(CC)CC)[nH]c(/C=C2\C(=O)Nc3ncnc(Nc4ccc(F)c(Cl)c4)c32)c1C(F)(F)F. The third-order valence-corrected chi connectivity index (χ3v) is 7.21. The molecule has 45 heavy (non-hydrogen) atoms. The van der Waals surface area contributed by atoms with Crippen LogP contribution < -0.4 is 16.0 Å². The van der Waals surface area contributed by atoms with Crippen molar-refractivity contribution < 1.29 is 36.7 Å². The van der Waals surface area contributed by atoms with E-state index in [1.54, 1.807) is 0 Å². The lowest BCUT2D eigenvalue weighted by molar-refractivity contribution is -0.138. The van der Waals surface area contributed by atoms with Gasteiger partial charge in [-0.15, -0.1) is 0 Å². The van der Waals surface area contributed by atoms with E-state index < -0.39 is 53.0 Å². The smallest absolute Gasteiger partial charge is 0.419 e. The van der Waals surface area contributed by atoms with Gasteiger partial charge in [-0.1, -0.05) is 25.4 Å². The van der Waals surface area contributed by atoms with E-state index in [2.05, 4.69) is 30.9 Å². The number of ether oxygens (including phenoxy) is 1. The van der Waals surface area contributed by atoms with Crippen LogP contribution in [0.25, 0.3) is 11.6 Å². The lowest BCUT2D eigenvalue weighted by Gasteiger charge is -2.17. The van der Waals surface area contributed by atoms with Crippen LogP contribution in [0.5, 0.6) is 0 Å². The Labute approximate surface area is 260 Å². The minimum atomic E-state index is -5.10. The summed E-state index contributed by atoms with van der Waals surface area (Å²) < 4.78 is 62.4. The summed E-state index contributed by atoms with van der Waals surface area (Å²) in [6.45, 7) is 7.39. The zero-order chi connectivity index (χ0) is 32.9. The summed E-state index contributed by atoms with van der Waals surface area (Å²) in [5, 5.41) is 7.80. The number of fused-ring (bicyclic) bond motifs is 1. The fraction of sp³-hybridized carbons (Fsp3) is 0.345. The third kappa shape index (κ3) is 7.60. The molecule has 0 spiro atoms. The van der Waals surface area contributed by atoms with Crippen LogP contribution in [0.1, 0.15) is 53.6 Å². The quantitative estimate of drug-likeness (QED) is 0.121. The molecule has 3 heterocycles. The maximum absolute atomic E-state index is 14.6. The van der Waals surface area contributed by atoms with E-state index in [1.165, 1.54) is 19.1 Å². The van der Waals surface area contributed by atoms with Crippen LogP contribution in [0, 0.1) is 5.82 Å². The minimum absolute atomic E-state index is 0.00417. The second kappa shape index (κ2) is 14.1. The van der Waals surface area contributed by atoms with Gasteiger partial charge in [0.25, 0.3) is 5.91 Å². The molecule has 0 saturated heterocycles. The summed E-state index contributed by atoms with van der Waals surface area (Å²) in [7, 11) is 0. The molecule has 0 aliphatic carbocycles. The maximum Gasteiger partial charge on any atom is 0.419 e. The Bertz CT molecular complexity index is 1640. The number of rotatable bonds is 12. The first-order valence-corrected chi connectivity index (χ1v) is 14.3. The number of nitrogens with one attached hydrogen (secondary N) is 4. The molecule has 3 aromatic rings. The Balaban J connectivity index is 1.78. The van der Waals surface area contributed by atoms with Gasteiger partial charge in [-0.05, 0) is 44.3 Å². The number of nitrogens with zero attached hydrogens (tertiary/aromatic N) is 3. The standard InChI is InChI=1S/C29H30ClF4N7O4/c1-4-41(5-2)10-9-35-21(42)13-19-23(28(44)45-6-3)24(29(32,33)34)20(39-19)12-16-22-25(36-14-37-26(22)40-27(16)43)38-15-7-8-18(31)17(30)11-15/h7-8,11-12,14,39H,4-6,9-10,13H2,1-3H3,(H,35,42)(H2,36,37,38,40,43)/b16-12-. The summed E-state index contributed by atoms with van der Waals surface area (Å²) in [6, 6.07) is 3.71. The van der Waals surface area contributed by atoms with Crippen LogP contribution in [0.15, 0.2) is 24.5 Å². The van der Waals surface area contributed by atoms with Gasteiger partial charge in [-0.25, -0.2) is 19.2 Å². The fourth-order valence-electron chi connectivity index (χ4n) is 4.76. The first kappa shape index (κ1) is 33.4. The second-order valence-corrected chi connectivity index (χ2v) is 10.2. The van der Waals surface area contributed by atoms with Crippen molar-refractivity contribution in [2.75, 3.05) is 43.4 Å². The Morgan fingerprint density at radius 2 is 1.89 bits per heavy atom. The van der Waals surface area contributed by atoms with Gasteiger partial charge in [0, 0.05) is 24.5 Å². The Morgan fingerprint density at radius 3 is 2.53 bits per heavy atom. The first-order valence-electron chi connectivity index (χ1n) is 14.0. The summed E-state index contributed by atoms with van der Waals surface area (Å²) in [4.78, 5) is 51.4. The number of H-pyrrole nitrogens is 1. The van der Waals surface area contributed by atoms with Crippen molar-refractivity contribution in [2.45, 2.75) is 33.4 Å². The number of amides is 2. The molecule has 0 atom stereocenters. The highest BCUT2D eigenvalue weighted by Crippen LogP contribution is 2.42. The molecule has 0 bridgehead atoms. The zero-order valence-corrected chi connectivity index (χ0v) is 25.2. The number of hydrogen-bond donors (Lipinski definition) is 4. The van der Waals surface area contributed by atoms with E-state index in [-0.39, 0.29) is 52.3 Å². The van der Waals surface area contributed by atoms with Crippen molar-refractivity contribution in [1.82, 2.24) is 25.2 Å². The molecular formula is C29H30ClF4N7O4. The number of carbonyl (C=O) groups excluding carboxylic acids is 3. The molecule has 1 aliphatic rings. The highest BCUT2D eigenvalue weighted by molar-refractivity contribution is 6.35. The number of aromatic amines is 1. The van der Waals surface area contributed by atoms with E-state index in [1.807, 2.05) is 18.7 Å². The number of hydrogen-bond acceptors (Lipinski definition) is 8. The van der Waals surface area contributed by atoms with Gasteiger partial charge in [0.2, 0.25) is 5.91 Å². The lowest BCUT2D eigenvalue weighted by Crippen LogP contribution is -2.35. The molecule has 1 aromatic carbocycles. The number of aromatic nitrogens is 3. The molecule has 16 heteroatoms. The molecule has 1 aliphatic heterocycles. The molecule has 0 fully saturated rings. The Hall–Kier alpha value is -4.50. The molecule has 2 aromatic heterocycles. The fourth-order valence-corrected chi connectivity index (χ4v) is 4.95. The van der Waals surface area contributed by atoms with Gasteiger partial charge >= 0.3 is 12.1 Å². The van der Waals surface area contributed by atoms with E-state index in [0.29, 0.717) is 6.54 Å². The van der Waals surface area contributed by atoms with Crippen LogP contribution in [-0.4, -0.2) is 70.4 Å². The highest BCUT2D eigenvalue weighted by atomic mass is 35.5. The second-order valence-electron chi connectivity index (χ2n) is 9.75. The number of benzene rings is 1. The van der Waals surface area contributed by atoms with Crippen LogP contribution in [0.4, 0.5) is 34.9 Å². The monoisotopic (exact) mass is 651 g/mol. The molecule has 4 rings (SSSR count). The van der Waals surface area contributed by atoms with Gasteiger partial charge in [-0.2, -0.15) is 13.2 Å². The van der Waals surface area contributed by atoms with Crippen LogP contribution in [-0.2, 0) is 26.9 Å². The molecule has 240 valence electrons. The number of halogens is 5. The summed E-state index contributed by atoms with van der Waals surface area (Å²) in [5.74, 6) is -3.39. The predicted octanol–water partition coefficient (Wildman–Crippen LogP) is 5.03. The van der Waals surface area contributed by atoms with Crippen LogP contribution >= 0.6 is 11.6 Å². The van der Waals surface area contributed by atoms with Gasteiger partial charge in [0.1, 0.15) is 23.8 Å². The normalized spacial score (nSPS) is 13.6. The van der Waals surface area contributed by atoms with E-state index >= 15 is 0 Å². The molecule has 4 N–H and O–H groups in total. The van der Waals surface area contributed by atoms with E-state index in [9.17, 15) is 31.9 Å². The molecule has 2 amide bonds. The van der Waals surface area contributed by atoms with Crippen molar-refractivity contribution in [3.8, 4) is 0 Å². The highest BCUT2D eigenvalue weighted by Gasteiger charge is 2.42. The number of alkyl halides is 3. The van der Waals surface area contributed by atoms with Crippen molar-refractivity contribution in [3.05, 3.63) is 63.4 Å². The largest absolute Gasteiger partial charge is 0.462 e. The average molecular weight is 652 g/mol. The molecule has 0 saturated carbocycles. The van der Waals surface area contributed by atoms with Crippen molar-refractivity contribution in [1.29, 1.82) is 0 Å². The van der Waals surface area contributed by atoms with Gasteiger partial charge in [-0.3, -0.25) is 9.59 Å². The number of anilines is 3. The van der Waals surface area contributed by atoms with Gasteiger partial charge in [0.05, 0.1) is 46.0 Å². The molecule has 11 nitrogen and oxygen atoms in total. The van der Waals surface area contributed by atoms with Crippen LogP contribution in [0.2, 0.25) is 5.02 Å². The predicted molar refractivity (Wildman–Crippen MR) is 159 cm³/mol. The summed E-state index contributed by atoms with van der Waals surface area (Å²) in [6.07, 6.45) is -3.68. The first-order chi connectivity index (χ1) is 21.4.